The van der Waals surface area contributed by atoms with E-state index in [4.69, 9.17) is 9.47 Å². The molecule has 1 atom stereocenters. The molecule has 1 unspecified atom stereocenters. The number of hydrogen-bond acceptors (Lipinski definition) is 4. The number of ether oxygens (including phenoxy) is 2. The zero-order chi connectivity index (χ0) is 17.2. The number of aliphatic imine (C=N–C) groups is 1. The summed E-state index contributed by atoms with van der Waals surface area (Å²) in [5, 5.41) is 8.71. The van der Waals surface area contributed by atoms with Gasteiger partial charge < -0.3 is 20.1 Å². The number of nitrogens with one attached hydrogen (secondary N) is 2. The van der Waals surface area contributed by atoms with Crippen molar-refractivity contribution in [3.8, 4) is 11.5 Å². The topological polar surface area (TPSA) is 54.9 Å². The number of thiophene rings is 1. The molecular formula is C18H25N3O2S. The first-order valence-electron chi connectivity index (χ1n) is 7.97. The minimum absolute atomic E-state index is 0.455. The second-order valence-electron chi connectivity index (χ2n) is 5.32. The predicted octanol–water partition coefficient (Wildman–Crippen LogP) is 3.10. The number of hydrogen-bond donors (Lipinski definition) is 2. The maximum absolute atomic E-state index is 5.70. The molecule has 1 aromatic carbocycles. The van der Waals surface area contributed by atoms with Crippen LogP contribution < -0.4 is 20.1 Å². The molecule has 0 bridgehead atoms. The maximum atomic E-state index is 5.70. The first-order valence-corrected chi connectivity index (χ1v) is 8.85. The number of guanidine groups is 1. The van der Waals surface area contributed by atoms with Crippen LogP contribution in [-0.4, -0.2) is 39.8 Å². The SMILES string of the molecule is CN=C(NCCOc1cccc(OC)c1)NCC(C)c1cccs1. The summed E-state index contributed by atoms with van der Waals surface area (Å²) < 4.78 is 10.9. The average Bonchev–Trinajstić information content (AvgIpc) is 3.16. The Balaban J connectivity index is 1.68. The van der Waals surface area contributed by atoms with Gasteiger partial charge in [0.25, 0.3) is 0 Å². The summed E-state index contributed by atoms with van der Waals surface area (Å²) in [6, 6.07) is 11.8. The van der Waals surface area contributed by atoms with Crippen LogP contribution in [0, 0.1) is 0 Å². The largest absolute Gasteiger partial charge is 0.497 e. The Morgan fingerprint density at radius 1 is 1.21 bits per heavy atom. The van der Waals surface area contributed by atoms with Crippen molar-refractivity contribution in [3.63, 3.8) is 0 Å². The van der Waals surface area contributed by atoms with E-state index in [1.807, 2.05) is 24.3 Å². The molecular weight excluding hydrogens is 322 g/mol. The van der Waals surface area contributed by atoms with Gasteiger partial charge in [0.2, 0.25) is 0 Å². The molecule has 2 aromatic rings. The molecule has 0 amide bonds. The molecule has 130 valence electrons. The van der Waals surface area contributed by atoms with E-state index in [0.717, 1.165) is 24.0 Å². The lowest BCUT2D eigenvalue weighted by Crippen LogP contribution is -2.40. The van der Waals surface area contributed by atoms with E-state index >= 15 is 0 Å². The Morgan fingerprint density at radius 3 is 2.75 bits per heavy atom. The maximum Gasteiger partial charge on any atom is 0.191 e. The number of benzene rings is 1. The molecule has 2 N–H and O–H groups in total. The summed E-state index contributed by atoms with van der Waals surface area (Å²) in [5.74, 6) is 2.83. The average molecular weight is 347 g/mol. The summed E-state index contributed by atoms with van der Waals surface area (Å²) in [7, 11) is 3.42. The second kappa shape index (κ2) is 9.82. The lowest BCUT2D eigenvalue weighted by Gasteiger charge is -2.15. The molecule has 6 heteroatoms. The summed E-state index contributed by atoms with van der Waals surface area (Å²) in [4.78, 5) is 5.61. The highest BCUT2D eigenvalue weighted by Gasteiger charge is 2.07. The first-order chi connectivity index (χ1) is 11.7. The molecule has 0 saturated heterocycles. The predicted molar refractivity (Wildman–Crippen MR) is 101 cm³/mol. The van der Waals surface area contributed by atoms with Crippen LogP contribution in [0.2, 0.25) is 0 Å². The highest BCUT2D eigenvalue weighted by Crippen LogP contribution is 2.19. The van der Waals surface area contributed by atoms with Gasteiger partial charge in [-0.3, -0.25) is 4.99 Å². The van der Waals surface area contributed by atoms with Crippen LogP contribution >= 0.6 is 11.3 Å². The molecule has 1 aromatic heterocycles. The smallest absolute Gasteiger partial charge is 0.191 e. The van der Waals surface area contributed by atoms with Gasteiger partial charge in [0.05, 0.1) is 13.7 Å². The lowest BCUT2D eigenvalue weighted by molar-refractivity contribution is 0.319. The Hall–Kier alpha value is -2.21. The molecule has 0 aliphatic heterocycles. The van der Waals surface area contributed by atoms with E-state index in [1.165, 1.54) is 4.88 Å². The first kappa shape index (κ1) is 18.1. The van der Waals surface area contributed by atoms with E-state index in [1.54, 1.807) is 25.5 Å². The van der Waals surface area contributed by atoms with Gasteiger partial charge in [-0.2, -0.15) is 0 Å². The number of rotatable bonds is 8. The highest BCUT2D eigenvalue weighted by atomic mass is 32.1. The third kappa shape index (κ3) is 5.77. The van der Waals surface area contributed by atoms with E-state index in [9.17, 15) is 0 Å². The van der Waals surface area contributed by atoms with Crippen LogP contribution in [0.3, 0.4) is 0 Å². The van der Waals surface area contributed by atoms with Crippen molar-refractivity contribution in [3.05, 3.63) is 46.7 Å². The van der Waals surface area contributed by atoms with Gasteiger partial charge in [-0.15, -0.1) is 11.3 Å². The minimum Gasteiger partial charge on any atom is -0.497 e. The van der Waals surface area contributed by atoms with Crippen LogP contribution in [0.5, 0.6) is 11.5 Å². The quantitative estimate of drug-likeness (QED) is 0.438. The van der Waals surface area contributed by atoms with Crippen molar-refractivity contribution in [2.45, 2.75) is 12.8 Å². The third-order valence-corrected chi connectivity index (χ3v) is 4.64. The van der Waals surface area contributed by atoms with Gasteiger partial charge in [0.15, 0.2) is 5.96 Å². The normalized spacial score (nSPS) is 12.5. The molecule has 0 aliphatic rings. The van der Waals surface area contributed by atoms with E-state index < -0.39 is 0 Å². The molecule has 0 saturated carbocycles. The Kier molecular flexibility index (Phi) is 7.42. The Labute approximate surface area is 147 Å². The highest BCUT2D eigenvalue weighted by molar-refractivity contribution is 7.10. The second-order valence-corrected chi connectivity index (χ2v) is 6.30. The molecule has 1 heterocycles. The van der Waals surface area contributed by atoms with Crippen molar-refractivity contribution in [2.75, 3.05) is 33.9 Å². The number of nitrogens with zero attached hydrogens (tertiary/aromatic N) is 1. The molecule has 0 radical (unpaired) electrons. The van der Waals surface area contributed by atoms with Crippen molar-refractivity contribution in [2.24, 2.45) is 4.99 Å². The fourth-order valence-electron chi connectivity index (χ4n) is 2.17. The Bertz CT molecular complexity index is 629. The molecule has 2 rings (SSSR count). The molecule has 0 spiro atoms. The zero-order valence-electron chi connectivity index (χ0n) is 14.4. The zero-order valence-corrected chi connectivity index (χ0v) is 15.2. The summed E-state index contributed by atoms with van der Waals surface area (Å²) >= 11 is 1.78. The molecule has 0 fully saturated rings. The van der Waals surface area contributed by atoms with Gasteiger partial charge in [0.1, 0.15) is 18.1 Å². The summed E-state index contributed by atoms with van der Waals surface area (Å²) in [6.45, 7) is 4.27. The molecule has 24 heavy (non-hydrogen) atoms. The van der Waals surface area contributed by atoms with Gasteiger partial charge in [-0.05, 0) is 23.6 Å². The van der Waals surface area contributed by atoms with Gasteiger partial charge in [-0.1, -0.05) is 19.1 Å². The third-order valence-electron chi connectivity index (χ3n) is 3.53. The van der Waals surface area contributed by atoms with Gasteiger partial charge in [-0.25, -0.2) is 0 Å². The minimum atomic E-state index is 0.455. The fraction of sp³-hybridized carbons (Fsp3) is 0.389. The van der Waals surface area contributed by atoms with E-state index in [2.05, 4.69) is 40.1 Å². The van der Waals surface area contributed by atoms with Gasteiger partial charge in [0, 0.05) is 30.5 Å². The van der Waals surface area contributed by atoms with E-state index in [-0.39, 0.29) is 0 Å². The van der Waals surface area contributed by atoms with Gasteiger partial charge >= 0.3 is 0 Å². The molecule has 0 aliphatic carbocycles. The van der Waals surface area contributed by atoms with Crippen molar-refractivity contribution < 1.29 is 9.47 Å². The fourth-order valence-corrected chi connectivity index (χ4v) is 2.96. The van der Waals surface area contributed by atoms with Crippen LogP contribution in [0.1, 0.15) is 17.7 Å². The van der Waals surface area contributed by atoms with E-state index in [0.29, 0.717) is 19.1 Å². The van der Waals surface area contributed by atoms with Crippen LogP contribution in [0.4, 0.5) is 0 Å². The summed E-state index contributed by atoms with van der Waals surface area (Å²) in [5.41, 5.74) is 0. The standard InChI is InChI=1S/C18H25N3O2S/c1-14(17-8-5-11-24-17)13-21-18(19-2)20-9-10-23-16-7-4-6-15(12-16)22-3/h4-8,11-12,14H,9-10,13H2,1-3H3,(H2,19,20,21). The summed E-state index contributed by atoms with van der Waals surface area (Å²) in [6.07, 6.45) is 0. The molecule has 5 nitrogen and oxygen atoms in total. The number of methoxy groups -OCH3 is 1. The van der Waals surface area contributed by atoms with Crippen molar-refractivity contribution >= 4 is 17.3 Å². The van der Waals surface area contributed by atoms with Crippen LogP contribution in [-0.2, 0) is 0 Å². The lowest BCUT2D eigenvalue weighted by atomic mass is 10.1. The van der Waals surface area contributed by atoms with Crippen LogP contribution in [0.25, 0.3) is 0 Å². The monoisotopic (exact) mass is 347 g/mol. The van der Waals surface area contributed by atoms with Crippen molar-refractivity contribution in [1.82, 2.24) is 10.6 Å². The Morgan fingerprint density at radius 2 is 2.04 bits per heavy atom. The van der Waals surface area contributed by atoms with Crippen molar-refractivity contribution in [1.29, 1.82) is 0 Å². The van der Waals surface area contributed by atoms with Crippen LogP contribution in [0.15, 0.2) is 46.8 Å².